The molecule has 1 amide bonds. The molecule has 94 valence electrons. The van der Waals surface area contributed by atoms with E-state index in [0.717, 1.165) is 38.6 Å². The van der Waals surface area contributed by atoms with Crippen LogP contribution in [0.1, 0.15) is 30.6 Å². The highest BCUT2D eigenvalue weighted by molar-refractivity contribution is 7.09. The lowest BCUT2D eigenvalue weighted by molar-refractivity contribution is -0.125. The van der Waals surface area contributed by atoms with E-state index in [1.807, 2.05) is 6.07 Å². The van der Waals surface area contributed by atoms with Gasteiger partial charge in [-0.2, -0.15) is 0 Å². The maximum absolute atomic E-state index is 11.9. The minimum absolute atomic E-state index is 0.193. The number of hydrogen-bond acceptors (Lipinski definition) is 3. The first-order chi connectivity index (χ1) is 8.25. The van der Waals surface area contributed by atoms with Crippen molar-refractivity contribution in [3.05, 3.63) is 22.4 Å². The van der Waals surface area contributed by atoms with Gasteiger partial charge in [0.05, 0.1) is 0 Å². The van der Waals surface area contributed by atoms with Crippen molar-refractivity contribution in [3.8, 4) is 0 Å². The highest BCUT2D eigenvalue weighted by atomic mass is 32.1. The van der Waals surface area contributed by atoms with E-state index < -0.39 is 0 Å². The van der Waals surface area contributed by atoms with Crippen LogP contribution in [0.3, 0.4) is 0 Å². The topological polar surface area (TPSA) is 55.1 Å². The summed E-state index contributed by atoms with van der Waals surface area (Å²) in [5.74, 6) is 0.409. The molecular formula is C13H20N2OS. The SMILES string of the molecule is NC1CCC(C(=O)NCCc2cccs2)CC1. The van der Waals surface area contributed by atoms with Gasteiger partial charge in [0, 0.05) is 23.4 Å². The molecule has 0 saturated heterocycles. The number of nitrogens with two attached hydrogens (primary N) is 1. The van der Waals surface area contributed by atoms with Crippen molar-refractivity contribution in [2.24, 2.45) is 11.7 Å². The molecule has 0 bridgehead atoms. The quantitative estimate of drug-likeness (QED) is 0.860. The minimum atomic E-state index is 0.193. The summed E-state index contributed by atoms with van der Waals surface area (Å²) in [6.45, 7) is 0.752. The van der Waals surface area contributed by atoms with Gasteiger partial charge in [-0.05, 0) is 43.6 Å². The lowest BCUT2D eigenvalue weighted by atomic mass is 9.86. The van der Waals surface area contributed by atoms with Crippen molar-refractivity contribution in [2.75, 3.05) is 6.54 Å². The van der Waals surface area contributed by atoms with Crippen molar-refractivity contribution in [3.63, 3.8) is 0 Å². The van der Waals surface area contributed by atoms with Crippen molar-refractivity contribution in [2.45, 2.75) is 38.1 Å². The highest BCUT2D eigenvalue weighted by Gasteiger charge is 2.23. The Bertz CT molecular complexity index is 342. The van der Waals surface area contributed by atoms with Crippen LogP contribution in [0.4, 0.5) is 0 Å². The molecule has 1 aliphatic rings. The van der Waals surface area contributed by atoms with Crippen LogP contribution in [0.5, 0.6) is 0 Å². The maximum atomic E-state index is 11.9. The molecule has 4 heteroatoms. The molecule has 0 spiro atoms. The number of hydrogen-bond donors (Lipinski definition) is 2. The van der Waals surface area contributed by atoms with Crippen LogP contribution in [-0.2, 0) is 11.2 Å². The van der Waals surface area contributed by atoms with E-state index in [2.05, 4.69) is 16.8 Å². The van der Waals surface area contributed by atoms with E-state index in [-0.39, 0.29) is 11.8 Å². The molecule has 1 saturated carbocycles. The Balaban J connectivity index is 1.67. The summed E-state index contributed by atoms with van der Waals surface area (Å²) in [6, 6.07) is 4.46. The summed E-state index contributed by atoms with van der Waals surface area (Å²) in [7, 11) is 0. The van der Waals surface area contributed by atoms with E-state index in [1.54, 1.807) is 11.3 Å². The molecule has 0 atom stereocenters. The first kappa shape index (κ1) is 12.6. The zero-order valence-corrected chi connectivity index (χ0v) is 10.8. The smallest absolute Gasteiger partial charge is 0.223 e. The Kier molecular flexibility index (Phi) is 4.57. The fraction of sp³-hybridized carbons (Fsp3) is 0.615. The first-order valence-corrected chi connectivity index (χ1v) is 7.19. The number of carbonyl (C=O) groups excluding carboxylic acids is 1. The third-order valence-electron chi connectivity index (χ3n) is 3.39. The number of amides is 1. The monoisotopic (exact) mass is 252 g/mol. The van der Waals surface area contributed by atoms with Crippen LogP contribution in [-0.4, -0.2) is 18.5 Å². The molecule has 3 N–H and O–H groups in total. The van der Waals surface area contributed by atoms with Gasteiger partial charge in [0.15, 0.2) is 0 Å². The summed E-state index contributed by atoms with van der Waals surface area (Å²) in [6.07, 6.45) is 4.82. The van der Waals surface area contributed by atoms with Crippen LogP contribution in [0.15, 0.2) is 17.5 Å². The Morgan fingerprint density at radius 2 is 2.18 bits per heavy atom. The second-order valence-electron chi connectivity index (χ2n) is 4.73. The minimum Gasteiger partial charge on any atom is -0.356 e. The van der Waals surface area contributed by atoms with E-state index in [0.29, 0.717) is 6.04 Å². The molecule has 17 heavy (non-hydrogen) atoms. The predicted octanol–water partition coefficient (Wildman–Crippen LogP) is 1.92. The van der Waals surface area contributed by atoms with Crippen LogP contribution in [0.2, 0.25) is 0 Å². The predicted molar refractivity (Wildman–Crippen MR) is 71.0 cm³/mol. The van der Waals surface area contributed by atoms with Crippen molar-refractivity contribution < 1.29 is 4.79 Å². The Morgan fingerprint density at radius 3 is 2.82 bits per heavy atom. The number of thiophene rings is 1. The van der Waals surface area contributed by atoms with Crippen LogP contribution < -0.4 is 11.1 Å². The van der Waals surface area contributed by atoms with E-state index in [1.165, 1.54) is 4.88 Å². The lowest BCUT2D eigenvalue weighted by Gasteiger charge is -2.25. The molecule has 1 fully saturated rings. The zero-order chi connectivity index (χ0) is 12.1. The van der Waals surface area contributed by atoms with Gasteiger partial charge in [-0.3, -0.25) is 4.79 Å². The molecule has 1 aromatic heterocycles. The van der Waals surface area contributed by atoms with Gasteiger partial charge in [-0.15, -0.1) is 11.3 Å². The summed E-state index contributed by atoms with van der Waals surface area (Å²) < 4.78 is 0. The fourth-order valence-corrected chi connectivity index (χ4v) is 3.00. The maximum Gasteiger partial charge on any atom is 0.223 e. The molecule has 0 aliphatic heterocycles. The number of nitrogens with one attached hydrogen (secondary N) is 1. The normalized spacial score (nSPS) is 24.5. The summed E-state index contributed by atoms with van der Waals surface area (Å²) >= 11 is 1.74. The molecule has 0 radical (unpaired) electrons. The van der Waals surface area contributed by atoms with Crippen LogP contribution in [0, 0.1) is 5.92 Å². The molecule has 3 nitrogen and oxygen atoms in total. The third-order valence-corrected chi connectivity index (χ3v) is 4.33. The second-order valence-corrected chi connectivity index (χ2v) is 5.76. The molecule has 1 aliphatic carbocycles. The standard InChI is InChI=1S/C13H20N2OS/c14-11-5-3-10(4-6-11)13(16)15-8-7-12-2-1-9-17-12/h1-2,9-11H,3-8,14H2,(H,15,16). The van der Waals surface area contributed by atoms with Gasteiger partial charge in [0.1, 0.15) is 0 Å². The van der Waals surface area contributed by atoms with E-state index in [4.69, 9.17) is 5.73 Å². The highest BCUT2D eigenvalue weighted by Crippen LogP contribution is 2.23. The van der Waals surface area contributed by atoms with Crippen molar-refractivity contribution in [1.29, 1.82) is 0 Å². The van der Waals surface area contributed by atoms with Crippen molar-refractivity contribution in [1.82, 2.24) is 5.32 Å². The second kappa shape index (κ2) is 6.17. The largest absolute Gasteiger partial charge is 0.356 e. The summed E-state index contributed by atoms with van der Waals surface area (Å²) in [4.78, 5) is 13.2. The number of carbonyl (C=O) groups is 1. The van der Waals surface area contributed by atoms with Gasteiger partial charge >= 0.3 is 0 Å². The molecule has 0 aromatic carbocycles. The van der Waals surface area contributed by atoms with Crippen molar-refractivity contribution >= 4 is 17.2 Å². The summed E-state index contributed by atoms with van der Waals surface area (Å²) in [5, 5.41) is 5.10. The molecule has 0 unspecified atom stereocenters. The molecule has 1 aromatic rings. The van der Waals surface area contributed by atoms with Gasteiger partial charge in [-0.1, -0.05) is 6.07 Å². The lowest BCUT2D eigenvalue weighted by Crippen LogP contribution is -2.36. The van der Waals surface area contributed by atoms with Gasteiger partial charge < -0.3 is 11.1 Å². The van der Waals surface area contributed by atoms with Gasteiger partial charge in [0.2, 0.25) is 5.91 Å². The third kappa shape index (κ3) is 3.82. The first-order valence-electron chi connectivity index (χ1n) is 6.31. The van der Waals surface area contributed by atoms with E-state index >= 15 is 0 Å². The molecular weight excluding hydrogens is 232 g/mol. The Hall–Kier alpha value is -0.870. The van der Waals surface area contributed by atoms with E-state index in [9.17, 15) is 4.79 Å². The Morgan fingerprint density at radius 1 is 1.41 bits per heavy atom. The molecule has 1 heterocycles. The van der Waals surface area contributed by atoms with Crippen LogP contribution in [0.25, 0.3) is 0 Å². The van der Waals surface area contributed by atoms with Gasteiger partial charge in [0.25, 0.3) is 0 Å². The Labute approximate surface area is 106 Å². The van der Waals surface area contributed by atoms with Gasteiger partial charge in [-0.25, -0.2) is 0 Å². The number of rotatable bonds is 4. The zero-order valence-electron chi connectivity index (χ0n) is 10.0. The average Bonchev–Trinajstić information content (AvgIpc) is 2.83. The fourth-order valence-electron chi connectivity index (χ4n) is 2.29. The average molecular weight is 252 g/mol. The summed E-state index contributed by atoms with van der Waals surface area (Å²) in [5.41, 5.74) is 5.83. The molecule has 2 rings (SSSR count). The van der Waals surface area contributed by atoms with Crippen LogP contribution >= 0.6 is 11.3 Å².